The molecule has 0 aliphatic carbocycles. The number of carbonyl (C=O) groups is 2. The van der Waals surface area contributed by atoms with Crippen LogP contribution >= 0.6 is 11.8 Å². The highest BCUT2D eigenvalue weighted by Crippen LogP contribution is 2.39. The highest BCUT2D eigenvalue weighted by atomic mass is 32.2. The smallest absolute Gasteiger partial charge is 0.293 e. The summed E-state index contributed by atoms with van der Waals surface area (Å²) in [5.74, 6) is 1.01. The molecule has 2 amide bonds. The molecule has 3 rings (SSSR count). The number of nitriles is 1. The van der Waals surface area contributed by atoms with Gasteiger partial charge in [-0.1, -0.05) is 18.2 Å². The first-order chi connectivity index (χ1) is 14.0. The zero-order valence-corrected chi connectivity index (χ0v) is 16.9. The van der Waals surface area contributed by atoms with Crippen LogP contribution in [-0.4, -0.2) is 37.4 Å². The SMILES string of the molecule is COc1cc(OC)c(OC)cc1/C=C1/SC(=O)N(Cc2ccccc2C#N)C1=O. The predicted octanol–water partition coefficient (Wildman–Crippen LogP) is 3.82. The van der Waals surface area contributed by atoms with Gasteiger partial charge < -0.3 is 14.2 Å². The normalized spacial score (nSPS) is 14.8. The van der Waals surface area contributed by atoms with E-state index in [1.165, 1.54) is 21.3 Å². The molecule has 0 unspecified atom stereocenters. The van der Waals surface area contributed by atoms with E-state index < -0.39 is 11.1 Å². The summed E-state index contributed by atoms with van der Waals surface area (Å²) in [6, 6.07) is 12.3. The van der Waals surface area contributed by atoms with Gasteiger partial charge in [0, 0.05) is 11.6 Å². The van der Waals surface area contributed by atoms with Crippen LogP contribution in [-0.2, 0) is 11.3 Å². The number of ether oxygens (including phenoxy) is 3. The van der Waals surface area contributed by atoms with Gasteiger partial charge in [0.15, 0.2) is 11.5 Å². The molecular weight excluding hydrogens is 392 g/mol. The average Bonchev–Trinajstić information content (AvgIpc) is 3.01. The maximum Gasteiger partial charge on any atom is 0.293 e. The molecule has 7 nitrogen and oxygen atoms in total. The summed E-state index contributed by atoms with van der Waals surface area (Å²) >= 11 is 0.840. The number of amides is 2. The summed E-state index contributed by atoms with van der Waals surface area (Å²) < 4.78 is 15.9. The number of nitrogens with zero attached hydrogens (tertiary/aromatic N) is 2. The van der Waals surface area contributed by atoms with Crippen LogP contribution in [0.5, 0.6) is 17.2 Å². The quantitative estimate of drug-likeness (QED) is 0.669. The summed E-state index contributed by atoms with van der Waals surface area (Å²) in [4.78, 5) is 26.7. The van der Waals surface area contributed by atoms with Crippen molar-refractivity contribution in [3.63, 3.8) is 0 Å². The summed E-state index contributed by atoms with van der Waals surface area (Å²) in [6.45, 7) is 0.0365. The van der Waals surface area contributed by atoms with E-state index in [0.717, 1.165) is 16.7 Å². The first kappa shape index (κ1) is 20.3. The van der Waals surface area contributed by atoms with Crippen molar-refractivity contribution in [2.45, 2.75) is 6.54 Å². The number of carbonyl (C=O) groups excluding carboxylic acids is 2. The zero-order valence-electron chi connectivity index (χ0n) is 16.1. The van der Waals surface area contributed by atoms with E-state index in [4.69, 9.17) is 14.2 Å². The molecule has 148 valence electrons. The van der Waals surface area contributed by atoms with Gasteiger partial charge >= 0.3 is 0 Å². The van der Waals surface area contributed by atoms with Crippen LogP contribution in [0.1, 0.15) is 16.7 Å². The Morgan fingerprint density at radius 3 is 2.34 bits per heavy atom. The lowest BCUT2D eigenvalue weighted by Gasteiger charge is -2.14. The van der Waals surface area contributed by atoms with Crippen molar-refractivity contribution in [2.24, 2.45) is 0 Å². The third kappa shape index (κ3) is 4.05. The Labute approximate surface area is 172 Å². The van der Waals surface area contributed by atoms with Crippen molar-refractivity contribution in [1.82, 2.24) is 4.90 Å². The molecule has 1 saturated heterocycles. The van der Waals surface area contributed by atoms with Crippen LogP contribution < -0.4 is 14.2 Å². The van der Waals surface area contributed by atoms with E-state index in [9.17, 15) is 14.9 Å². The predicted molar refractivity (Wildman–Crippen MR) is 109 cm³/mol. The lowest BCUT2D eigenvalue weighted by molar-refractivity contribution is -0.123. The number of rotatable bonds is 6. The standard InChI is InChI=1S/C21H18N2O5S/c1-26-16-10-18(28-3)17(27-2)8-15(16)9-19-20(24)23(21(25)29-19)12-14-7-5-4-6-13(14)11-22/h4-10H,12H2,1-3H3/b19-9+. The topological polar surface area (TPSA) is 88.9 Å². The molecule has 0 aromatic heterocycles. The minimum atomic E-state index is -0.426. The zero-order chi connectivity index (χ0) is 21.0. The van der Waals surface area contributed by atoms with Crippen molar-refractivity contribution in [1.29, 1.82) is 5.26 Å². The molecule has 2 aromatic rings. The summed E-state index contributed by atoms with van der Waals surface area (Å²) in [7, 11) is 4.53. The maximum absolute atomic E-state index is 12.8. The molecule has 0 saturated carbocycles. The number of methoxy groups -OCH3 is 3. The number of thioether (sulfide) groups is 1. The molecule has 2 aromatic carbocycles. The summed E-state index contributed by atoms with van der Waals surface area (Å²) in [5.41, 5.74) is 1.62. The molecule has 0 bridgehead atoms. The highest BCUT2D eigenvalue weighted by Gasteiger charge is 2.35. The lowest BCUT2D eigenvalue weighted by atomic mass is 10.1. The van der Waals surface area contributed by atoms with Crippen LogP contribution in [0.25, 0.3) is 6.08 Å². The van der Waals surface area contributed by atoms with Crippen LogP contribution in [0.15, 0.2) is 41.3 Å². The number of hydrogen-bond donors (Lipinski definition) is 0. The first-order valence-electron chi connectivity index (χ1n) is 8.55. The Morgan fingerprint density at radius 2 is 1.69 bits per heavy atom. The fourth-order valence-electron chi connectivity index (χ4n) is 2.88. The van der Waals surface area contributed by atoms with E-state index in [0.29, 0.717) is 33.9 Å². The Morgan fingerprint density at radius 1 is 1.03 bits per heavy atom. The van der Waals surface area contributed by atoms with Crippen molar-refractivity contribution >= 4 is 29.0 Å². The Bertz CT molecular complexity index is 1040. The van der Waals surface area contributed by atoms with Gasteiger partial charge in [-0.15, -0.1) is 0 Å². The largest absolute Gasteiger partial charge is 0.496 e. The molecule has 0 spiro atoms. The molecular formula is C21H18N2O5S. The number of imide groups is 1. The van der Waals surface area contributed by atoms with Crippen LogP contribution in [0.4, 0.5) is 4.79 Å². The van der Waals surface area contributed by atoms with Crippen molar-refractivity contribution in [2.75, 3.05) is 21.3 Å². The van der Waals surface area contributed by atoms with E-state index >= 15 is 0 Å². The van der Waals surface area contributed by atoms with Gasteiger partial charge in [0.05, 0.1) is 44.4 Å². The van der Waals surface area contributed by atoms with E-state index in [1.54, 1.807) is 42.5 Å². The minimum absolute atomic E-state index is 0.0365. The number of benzene rings is 2. The van der Waals surface area contributed by atoms with Crippen LogP contribution in [0, 0.1) is 11.3 Å². The summed E-state index contributed by atoms with van der Waals surface area (Å²) in [6.07, 6.45) is 1.59. The lowest BCUT2D eigenvalue weighted by Crippen LogP contribution is -2.27. The Kier molecular flexibility index (Phi) is 6.10. The molecule has 0 N–H and O–H groups in total. The Hall–Kier alpha value is -3.44. The van der Waals surface area contributed by atoms with Gasteiger partial charge in [-0.3, -0.25) is 14.5 Å². The van der Waals surface area contributed by atoms with Gasteiger partial charge in [-0.2, -0.15) is 5.26 Å². The second-order valence-corrected chi connectivity index (χ2v) is 6.98. The monoisotopic (exact) mass is 410 g/mol. The molecule has 0 radical (unpaired) electrons. The van der Waals surface area contributed by atoms with Crippen molar-refractivity contribution in [3.8, 4) is 23.3 Å². The average molecular weight is 410 g/mol. The van der Waals surface area contributed by atoms with Crippen LogP contribution in [0.3, 0.4) is 0 Å². The fraction of sp³-hybridized carbons (Fsp3) is 0.190. The minimum Gasteiger partial charge on any atom is -0.496 e. The van der Waals surface area contributed by atoms with E-state index in [-0.39, 0.29) is 11.4 Å². The van der Waals surface area contributed by atoms with E-state index in [1.807, 2.05) is 0 Å². The van der Waals surface area contributed by atoms with Gasteiger partial charge in [0.1, 0.15) is 5.75 Å². The third-order valence-corrected chi connectivity index (χ3v) is 5.27. The summed E-state index contributed by atoms with van der Waals surface area (Å²) in [5, 5.41) is 8.83. The van der Waals surface area contributed by atoms with Gasteiger partial charge in [0.2, 0.25) is 0 Å². The Balaban J connectivity index is 1.93. The molecule has 0 atom stereocenters. The second-order valence-electron chi connectivity index (χ2n) is 5.99. The van der Waals surface area contributed by atoms with Gasteiger partial charge in [-0.25, -0.2) is 0 Å². The van der Waals surface area contributed by atoms with Crippen molar-refractivity contribution < 1.29 is 23.8 Å². The van der Waals surface area contributed by atoms with Gasteiger partial charge in [-0.05, 0) is 35.5 Å². The molecule has 1 heterocycles. The molecule has 1 aliphatic rings. The molecule has 29 heavy (non-hydrogen) atoms. The second kappa shape index (κ2) is 8.71. The third-order valence-electron chi connectivity index (χ3n) is 4.36. The van der Waals surface area contributed by atoms with E-state index in [2.05, 4.69) is 6.07 Å². The van der Waals surface area contributed by atoms with Crippen molar-refractivity contribution in [3.05, 3.63) is 58.0 Å². The maximum atomic E-state index is 12.8. The molecule has 1 fully saturated rings. The highest BCUT2D eigenvalue weighted by molar-refractivity contribution is 8.18. The molecule has 8 heteroatoms. The van der Waals surface area contributed by atoms with Crippen LogP contribution in [0.2, 0.25) is 0 Å². The fourth-order valence-corrected chi connectivity index (χ4v) is 3.71. The van der Waals surface area contributed by atoms with Gasteiger partial charge in [0.25, 0.3) is 11.1 Å². The molecule has 1 aliphatic heterocycles. The first-order valence-corrected chi connectivity index (χ1v) is 9.37. The number of hydrogen-bond acceptors (Lipinski definition) is 7.